The zero-order valence-corrected chi connectivity index (χ0v) is 9.70. The van der Waals surface area contributed by atoms with Gasteiger partial charge in [0.05, 0.1) is 12.1 Å². The molecule has 0 aliphatic heterocycles. The molecule has 0 aliphatic rings. The molecular formula is C11H15N3O2. The molecule has 0 bridgehead atoms. The van der Waals surface area contributed by atoms with Gasteiger partial charge in [0, 0.05) is 0 Å². The summed E-state index contributed by atoms with van der Waals surface area (Å²) in [6.45, 7) is 7.32. The minimum Gasteiger partial charge on any atom is -0.466 e. The van der Waals surface area contributed by atoms with Gasteiger partial charge < -0.3 is 14.3 Å². The van der Waals surface area contributed by atoms with Crippen LogP contribution in [-0.2, 0) is 6.54 Å². The van der Waals surface area contributed by atoms with Gasteiger partial charge in [-0.2, -0.15) is 4.98 Å². The van der Waals surface area contributed by atoms with Crippen molar-refractivity contribution in [2.24, 2.45) is 0 Å². The fraction of sp³-hybridized carbons (Fsp3) is 0.455. The lowest BCUT2D eigenvalue weighted by molar-refractivity contribution is 0.418. The fourth-order valence-corrected chi connectivity index (χ4v) is 1.52. The van der Waals surface area contributed by atoms with E-state index in [0.717, 1.165) is 23.6 Å². The highest BCUT2D eigenvalue weighted by atomic mass is 16.5. The van der Waals surface area contributed by atoms with Crippen molar-refractivity contribution in [3.05, 3.63) is 23.4 Å². The van der Waals surface area contributed by atoms with Crippen molar-refractivity contribution in [2.45, 2.75) is 27.3 Å². The number of hydrogen-bond donors (Lipinski definition) is 1. The summed E-state index contributed by atoms with van der Waals surface area (Å²) in [4.78, 5) is 4.29. The van der Waals surface area contributed by atoms with Crippen molar-refractivity contribution >= 4 is 0 Å². The molecule has 0 radical (unpaired) electrons. The Hall–Kier alpha value is -1.62. The smallest absolute Gasteiger partial charge is 0.261 e. The second kappa shape index (κ2) is 4.49. The van der Waals surface area contributed by atoms with Crippen molar-refractivity contribution < 1.29 is 8.94 Å². The van der Waals surface area contributed by atoms with Gasteiger partial charge in [0.25, 0.3) is 5.89 Å². The second-order valence-corrected chi connectivity index (χ2v) is 3.62. The lowest BCUT2D eigenvalue weighted by atomic mass is 10.2. The van der Waals surface area contributed by atoms with Crippen molar-refractivity contribution in [2.75, 3.05) is 6.54 Å². The molecule has 0 unspecified atom stereocenters. The van der Waals surface area contributed by atoms with Gasteiger partial charge in [-0.25, -0.2) is 0 Å². The van der Waals surface area contributed by atoms with Crippen molar-refractivity contribution in [3.8, 4) is 11.5 Å². The molecule has 2 rings (SSSR count). The van der Waals surface area contributed by atoms with Crippen LogP contribution in [0.5, 0.6) is 0 Å². The predicted octanol–water partition coefficient (Wildman–Crippen LogP) is 2.06. The zero-order chi connectivity index (χ0) is 11.5. The van der Waals surface area contributed by atoms with E-state index in [1.807, 2.05) is 26.8 Å². The van der Waals surface area contributed by atoms with Crippen molar-refractivity contribution in [1.82, 2.24) is 15.5 Å². The molecule has 0 atom stereocenters. The van der Waals surface area contributed by atoms with Gasteiger partial charge in [-0.15, -0.1) is 0 Å². The van der Waals surface area contributed by atoms with Gasteiger partial charge in [-0.1, -0.05) is 12.1 Å². The lowest BCUT2D eigenvalue weighted by Crippen LogP contribution is -2.12. The Balaban J connectivity index is 2.21. The van der Waals surface area contributed by atoms with Gasteiger partial charge in [0.2, 0.25) is 0 Å². The highest BCUT2D eigenvalue weighted by Crippen LogP contribution is 2.24. The number of furan rings is 1. The number of aryl methyl sites for hydroxylation is 2. The van der Waals surface area contributed by atoms with E-state index in [0.29, 0.717) is 18.3 Å². The second-order valence-electron chi connectivity index (χ2n) is 3.62. The third-order valence-corrected chi connectivity index (χ3v) is 2.27. The summed E-state index contributed by atoms with van der Waals surface area (Å²) in [5.74, 6) is 2.83. The van der Waals surface area contributed by atoms with Crippen LogP contribution in [0.3, 0.4) is 0 Å². The molecule has 16 heavy (non-hydrogen) atoms. The maximum absolute atomic E-state index is 5.42. The number of aromatic nitrogens is 2. The van der Waals surface area contributed by atoms with Gasteiger partial charge in [-0.05, 0) is 26.5 Å². The Morgan fingerprint density at radius 3 is 2.81 bits per heavy atom. The number of nitrogens with zero attached hydrogens (tertiary/aromatic N) is 2. The molecule has 86 valence electrons. The van der Waals surface area contributed by atoms with Crippen LogP contribution in [0.1, 0.15) is 24.3 Å². The van der Waals surface area contributed by atoms with E-state index >= 15 is 0 Å². The maximum atomic E-state index is 5.42. The monoisotopic (exact) mass is 221 g/mol. The Labute approximate surface area is 93.8 Å². The summed E-state index contributed by atoms with van der Waals surface area (Å²) < 4.78 is 10.6. The van der Waals surface area contributed by atoms with Crippen LogP contribution in [0, 0.1) is 13.8 Å². The van der Waals surface area contributed by atoms with E-state index in [2.05, 4.69) is 15.5 Å². The molecule has 0 aliphatic carbocycles. The number of nitrogens with one attached hydrogen (secondary N) is 1. The standard InChI is InChI=1S/C11H15N3O2/c1-4-12-6-10-13-11(16-14-10)9-5-7(2)15-8(9)3/h5,12H,4,6H2,1-3H3. The van der Waals surface area contributed by atoms with E-state index in [-0.39, 0.29) is 0 Å². The molecule has 0 spiro atoms. The third-order valence-electron chi connectivity index (χ3n) is 2.27. The highest BCUT2D eigenvalue weighted by Gasteiger charge is 2.14. The molecule has 5 heteroatoms. The summed E-state index contributed by atoms with van der Waals surface area (Å²) in [5, 5.41) is 7.03. The Kier molecular flexibility index (Phi) is 3.05. The van der Waals surface area contributed by atoms with Crippen LogP contribution in [0.4, 0.5) is 0 Å². The minimum atomic E-state index is 0.516. The predicted molar refractivity (Wildman–Crippen MR) is 58.9 cm³/mol. The summed E-state index contributed by atoms with van der Waals surface area (Å²) in [6, 6.07) is 1.90. The van der Waals surface area contributed by atoms with Crippen molar-refractivity contribution in [3.63, 3.8) is 0 Å². The average molecular weight is 221 g/mol. The van der Waals surface area contributed by atoms with E-state index in [4.69, 9.17) is 8.94 Å². The first kappa shape index (κ1) is 10.9. The molecule has 2 aromatic rings. The summed E-state index contributed by atoms with van der Waals surface area (Å²) >= 11 is 0. The van der Waals surface area contributed by atoms with E-state index < -0.39 is 0 Å². The van der Waals surface area contributed by atoms with E-state index in [1.165, 1.54) is 0 Å². The van der Waals surface area contributed by atoms with Gasteiger partial charge >= 0.3 is 0 Å². The molecule has 0 fully saturated rings. The molecule has 0 saturated carbocycles. The van der Waals surface area contributed by atoms with Crippen molar-refractivity contribution in [1.29, 1.82) is 0 Å². The normalized spacial score (nSPS) is 10.9. The van der Waals surface area contributed by atoms with Gasteiger partial charge in [0.1, 0.15) is 11.5 Å². The van der Waals surface area contributed by atoms with Crippen LogP contribution in [0.15, 0.2) is 15.0 Å². The summed E-state index contributed by atoms with van der Waals surface area (Å²) in [7, 11) is 0. The Morgan fingerprint density at radius 2 is 2.19 bits per heavy atom. The van der Waals surface area contributed by atoms with Gasteiger partial charge in [0.15, 0.2) is 5.82 Å². The van der Waals surface area contributed by atoms with Crippen LogP contribution in [0.25, 0.3) is 11.5 Å². The van der Waals surface area contributed by atoms with Crippen LogP contribution in [0.2, 0.25) is 0 Å². The van der Waals surface area contributed by atoms with E-state index in [1.54, 1.807) is 0 Å². The van der Waals surface area contributed by atoms with Crippen LogP contribution < -0.4 is 5.32 Å². The highest BCUT2D eigenvalue weighted by molar-refractivity contribution is 5.55. The topological polar surface area (TPSA) is 64.1 Å². The SMILES string of the molecule is CCNCc1noc(-c2cc(C)oc2C)n1. The average Bonchev–Trinajstić information content (AvgIpc) is 2.82. The largest absolute Gasteiger partial charge is 0.466 e. The first-order valence-electron chi connectivity index (χ1n) is 5.31. The number of hydrogen-bond acceptors (Lipinski definition) is 5. The first-order valence-corrected chi connectivity index (χ1v) is 5.31. The third kappa shape index (κ3) is 2.14. The molecule has 2 aromatic heterocycles. The maximum Gasteiger partial charge on any atom is 0.261 e. The van der Waals surface area contributed by atoms with Crippen LogP contribution >= 0.6 is 0 Å². The molecule has 2 heterocycles. The van der Waals surface area contributed by atoms with Gasteiger partial charge in [-0.3, -0.25) is 0 Å². The molecule has 0 amide bonds. The molecule has 5 nitrogen and oxygen atoms in total. The summed E-state index contributed by atoms with van der Waals surface area (Å²) in [5.41, 5.74) is 0.868. The molecular weight excluding hydrogens is 206 g/mol. The fourth-order valence-electron chi connectivity index (χ4n) is 1.52. The quantitative estimate of drug-likeness (QED) is 0.856. The zero-order valence-electron chi connectivity index (χ0n) is 9.70. The van der Waals surface area contributed by atoms with Crippen LogP contribution in [-0.4, -0.2) is 16.7 Å². The minimum absolute atomic E-state index is 0.516. The Bertz CT molecular complexity index is 473. The van der Waals surface area contributed by atoms with E-state index in [9.17, 15) is 0 Å². The lowest BCUT2D eigenvalue weighted by Gasteiger charge is -1.92. The first-order chi connectivity index (χ1) is 7.70. The molecule has 1 N–H and O–H groups in total. The number of rotatable bonds is 4. The summed E-state index contributed by atoms with van der Waals surface area (Å²) in [6.07, 6.45) is 0. The molecule has 0 aromatic carbocycles. The molecule has 0 saturated heterocycles. The Morgan fingerprint density at radius 1 is 1.38 bits per heavy atom.